The van der Waals surface area contributed by atoms with Crippen molar-refractivity contribution in [1.29, 1.82) is 0 Å². The van der Waals surface area contributed by atoms with E-state index in [1.165, 1.54) is 5.56 Å². The number of carbonyl (C=O) groups excluding carboxylic acids is 2. The van der Waals surface area contributed by atoms with Crippen LogP contribution in [-0.4, -0.2) is 59.6 Å². The smallest absolute Gasteiger partial charge is 0.412 e. The first-order chi connectivity index (χ1) is 20.1. The molecule has 3 aromatic rings. The molecule has 0 radical (unpaired) electrons. The number of piperazine rings is 1. The van der Waals surface area contributed by atoms with Gasteiger partial charge >= 0.3 is 6.09 Å². The van der Waals surface area contributed by atoms with Crippen molar-refractivity contribution >= 4 is 57.4 Å². The molecule has 220 valence electrons. The van der Waals surface area contributed by atoms with Crippen molar-refractivity contribution in [2.45, 2.75) is 51.2 Å². The third-order valence-corrected chi connectivity index (χ3v) is 8.94. The number of halogens is 2. The Labute approximate surface area is 261 Å². The molecule has 2 heterocycles. The Morgan fingerprint density at radius 1 is 0.952 bits per heavy atom. The van der Waals surface area contributed by atoms with E-state index in [0.717, 1.165) is 59.6 Å². The van der Waals surface area contributed by atoms with Gasteiger partial charge in [-0.05, 0) is 102 Å². The fourth-order valence-electron chi connectivity index (χ4n) is 5.67. The molecular formula is C34H37BrClN3O3. The maximum absolute atomic E-state index is 13.6. The summed E-state index contributed by atoms with van der Waals surface area (Å²) in [5.41, 5.74) is 4.03. The molecule has 0 spiro atoms. The fourth-order valence-corrected chi connectivity index (χ4v) is 6.36. The van der Waals surface area contributed by atoms with Crippen LogP contribution in [0.25, 0.3) is 12.2 Å². The topological polar surface area (TPSA) is 61.9 Å². The van der Waals surface area contributed by atoms with Crippen LogP contribution in [-0.2, 0) is 4.74 Å². The van der Waals surface area contributed by atoms with E-state index in [-0.39, 0.29) is 5.91 Å². The van der Waals surface area contributed by atoms with Crippen molar-refractivity contribution in [2.75, 3.05) is 31.5 Å². The molecule has 2 atom stereocenters. The monoisotopic (exact) mass is 649 g/mol. The van der Waals surface area contributed by atoms with Crippen LogP contribution >= 0.6 is 27.5 Å². The number of piperidine rings is 1. The Kier molecular flexibility index (Phi) is 9.41. The van der Waals surface area contributed by atoms with Crippen LogP contribution in [0, 0.1) is 0 Å². The zero-order chi connectivity index (χ0) is 29.9. The quantitative estimate of drug-likeness (QED) is 0.282. The molecule has 2 aliphatic heterocycles. The molecule has 0 bridgehead atoms. The Morgan fingerprint density at radius 3 is 2.40 bits per heavy atom. The van der Waals surface area contributed by atoms with Crippen LogP contribution in [0.1, 0.15) is 66.6 Å². The Hall–Kier alpha value is -3.13. The van der Waals surface area contributed by atoms with Gasteiger partial charge in [-0.25, -0.2) is 4.79 Å². The van der Waals surface area contributed by atoms with Gasteiger partial charge in [0.15, 0.2) is 0 Å². The number of anilines is 1. The van der Waals surface area contributed by atoms with E-state index in [1.54, 1.807) is 0 Å². The lowest BCUT2D eigenvalue weighted by Gasteiger charge is -2.46. The number of rotatable bonds is 5. The maximum atomic E-state index is 13.6. The van der Waals surface area contributed by atoms with Crippen LogP contribution in [0.2, 0.25) is 5.02 Å². The van der Waals surface area contributed by atoms with E-state index in [9.17, 15) is 9.59 Å². The maximum Gasteiger partial charge on any atom is 0.412 e. The van der Waals surface area contributed by atoms with E-state index in [0.29, 0.717) is 23.2 Å². The summed E-state index contributed by atoms with van der Waals surface area (Å²) in [6.45, 7) is 8.87. The van der Waals surface area contributed by atoms with E-state index in [4.69, 9.17) is 16.3 Å². The van der Waals surface area contributed by atoms with Gasteiger partial charge in [0.2, 0.25) is 0 Å². The molecule has 6 nitrogen and oxygen atoms in total. The Balaban J connectivity index is 1.19. The second kappa shape index (κ2) is 13.0. The molecule has 0 unspecified atom stereocenters. The van der Waals surface area contributed by atoms with Crippen LogP contribution < -0.4 is 5.32 Å². The average Bonchev–Trinajstić information content (AvgIpc) is 2.96. The van der Waals surface area contributed by atoms with Crippen LogP contribution in [0.15, 0.2) is 71.2 Å². The minimum Gasteiger partial charge on any atom is -0.444 e. The predicted octanol–water partition coefficient (Wildman–Crippen LogP) is 8.32. The minimum absolute atomic E-state index is 0.0640. The first-order valence-corrected chi connectivity index (χ1v) is 15.6. The number of carbonyl (C=O) groups is 2. The molecule has 5 rings (SSSR count). The largest absolute Gasteiger partial charge is 0.444 e. The molecule has 8 heteroatoms. The molecule has 2 fully saturated rings. The lowest BCUT2D eigenvalue weighted by atomic mass is 9.86. The lowest BCUT2D eigenvalue weighted by Crippen LogP contribution is -2.57. The molecule has 3 aromatic carbocycles. The van der Waals surface area contributed by atoms with Crippen molar-refractivity contribution in [2.24, 2.45) is 0 Å². The Bertz CT molecular complexity index is 1450. The number of fused-ring (bicyclic) bond motifs is 1. The summed E-state index contributed by atoms with van der Waals surface area (Å²) >= 11 is 9.80. The highest BCUT2D eigenvalue weighted by atomic mass is 79.9. The Morgan fingerprint density at radius 2 is 1.69 bits per heavy atom. The summed E-state index contributed by atoms with van der Waals surface area (Å²) in [4.78, 5) is 30.2. The first-order valence-electron chi connectivity index (χ1n) is 14.4. The number of hydrogen-bond acceptors (Lipinski definition) is 4. The highest BCUT2D eigenvalue weighted by Crippen LogP contribution is 2.33. The van der Waals surface area contributed by atoms with Crippen LogP contribution in [0.4, 0.5) is 10.5 Å². The third kappa shape index (κ3) is 7.63. The SMILES string of the molecule is CC(C)(C)OC(=O)Nc1ccc(/C=C/c2cccc(C(=O)N3CCN4C[C@@H](c5ccc(Cl)cc5)CC[C@@H]4C3)c2Br)cc1. The van der Waals surface area contributed by atoms with Gasteiger partial charge in [0.1, 0.15) is 5.60 Å². The summed E-state index contributed by atoms with van der Waals surface area (Å²) in [7, 11) is 0. The van der Waals surface area contributed by atoms with Crippen molar-refractivity contribution in [3.63, 3.8) is 0 Å². The van der Waals surface area contributed by atoms with Crippen molar-refractivity contribution in [1.82, 2.24) is 9.80 Å². The van der Waals surface area contributed by atoms with Gasteiger partial charge in [-0.2, -0.15) is 0 Å². The number of ether oxygens (including phenoxy) is 1. The molecule has 2 aliphatic rings. The molecular weight excluding hydrogens is 614 g/mol. The van der Waals surface area contributed by atoms with Gasteiger partial charge in [-0.1, -0.05) is 60.2 Å². The number of benzene rings is 3. The van der Waals surface area contributed by atoms with Gasteiger partial charge in [-0.3, -0.25) is 15.0 Å². The summed E-state index contributed by atoms with van der Waals surface area (Å²) in [5.74, 6) is 0.574. The number of nitrogens with zero attached hydrogens (tertiary/aromatic N) is 2. The van der Waals surface area contributed by atoms with Gasteiger partial charge in [-0.15, -0.1) is 0 Å². The zero-order valence-electron chi connectivity index (χ0n) is 24.3. The summed E-state index contributed by atoms with van der Waals surface area (Å²) in [5, 5.41) is 3.52. The average molecular weight is 651 g/mol. The fraction of sp³-hybridized carbons (Fsp3) is 0.353. The van der Waals surface area contributed by atoms with Crippen LogP contribution in [0.3, 0.4) is 0 Å². The van der Waals surface area contributed by atoms with Gasteiger partial charge in [0.25, 0.3) is 5.91 Å². The standard InChI is InChI=1S/C34H37BrClN3O3/c1-34(2,3)42-33(41)37-28-16-8-23(9-17-28)7-10-25-5-4-6-30(31(25)35)32(40)39-20-19-38-21-26(13-18-29(38)22-39)24-11-14-27(36)15-12-24/h4-12,14-17,26,29H,13,18-22H2,1-3H3,(H,37,41)/b10-7+/t26-,29+/m0/s1. The van der Waals surface area contributed by atoms with Crippen molar-refractivity contribution < 1.29 is 14.3 Å². The van der Waals surface area contributed by atoms with Gasteiger partial charge in [0.05, 0.1) is 5.56 Å². The molecule has 0 saturated carbocycles. The normalized spacial score (nSPS) is 19.4. The zero-order valence-corrected chi connectivity index (χ0v) is 26.6. The second-order valence-corrected chi connectivity index (χ2v) is 13.2. The van der Waals surface area contributed by atoms with E-state index >= 15 is 0 Å². The summed E-state index contributed by atoms with van der Waals surface area (Å²) < 4.78 is 6.10. The lowest BCUT2D eigenvalue weighted by molar-refractivity contribution is 0.0328. The predicted molar refractivity (Wildman–Crippen MR) is 174 cm³/mol. The third-order valence-electron chi connectivity index (χ3n) is 7.81. The van der Waals surface area contributed by atoms with Gasteiger partial charge in [0, 0.05) is 47.4 Å². The van der Waals surface area contributed by atoms with Crippen molar-refractivity contribution in [3.05, 3.63) is 98.5 Å². The molecule has 1 N–H and O–H groups in total. The molecule has 42 heavy (non-hydrogen) atoms. The number of nitrogens with one attached hydrogen (secondary N) is 1. The van der Waals surface area contributed by atoms with Crippen LogP contribution in [0.5, 0.6) is 0 Å². The van der Waals surface area contributed by atoms with E-state index in [2.05, 4.69) is 38.3 Å². The number of amides is 2. The summed E-state index contributed by atoms with van der Waals surface area (Å²) in [6, 6.07) is 22.0. The highest BCUT2D eigenvalue weighted by Gasteiger charge is 2.35. The first kappa shape index (κ1) is 30.3. The molecule has 2 amide bonds. The number of hydrogen-bond donors (Lipinski definition) is 1. The van der Waals surface area contributed by atoms with Gasteiger partial charge < -0.3 is 9.64 Å². The van der Waals surface area contributed by atoms with E-state index in [1.807, 2.05) is 92.4 Å². The molecule has 0 aromatic heterocycles. The second-order valence-electron chi connectivity index (χ2n) is 12.0. The summed E-state index contributed by atoms with van der Waals surface area (Å²) in [6.07, 6.45) is 5.69. The molecule has 0 aliphatic carbocycles. The molecule has 2 saturated heterocycles. The minimum atomic E-state index is -0.553. The van der Waals surface area contributed by atoms with Crippen molar-refractivity contribution in [3.8, 4) is 0 Å². The van der Waals surface area contributed by atoms with E-state index < -0.39 is 11.7 Å². The highest BCUT2D eigenvalue weighted by molar-refractivity contribution is 9.10.